The van der Waals surface area contributed by atoms with Gasteiger partial charge in [0.25, 0.3) is 15.9 Å². The first-order valence-corrected chi connectivity index (χ1v) is 11.8. The molecule has 0 aromatic heterocycles. The van der Waals surface area contributed by atoms with Crippen molar-refractivity contribution in [2.24, 2.45) is 5.10 Å². The van der Waals surface area contributed by atoms with Crippen LogP contribution in [0.2, 0.25) is 0 Å². The molecule has 0 heterocycles. The number of methoxy groups -OCH3 is 2. The molecule has 8 nitrogen and oxygen atoms in total. The summed E-state index contributed by atoms with van der Waals surface area (Å²) in [4.78, 5) is 12.6. The Morgan fingerprint density at radius 1 is 1.00 bits per heavy atom. The number of amides is 1. The number of halogens is 3. The van der Waals surface area contributed by atoms with Crippen molar-refractivity contribution in [1.29, 1.82) is 0 Å². The number of carbonyl (C=O) groups excluding carboxylic acids is 1. The van der Waals surface area contributed by atoms with E-state index in [-0.39, 0.29) is 21.9 Å². The van der Waals surface area contributed by atoms with Crippen LogP contribution in [0.3, 0.4) is 0 Å². The topological polar surface area (TPSA) is 97.3 Å². The number of benzene rings is 3. The van der Waals surface area contributed by atoms with Crippen LogP contribution in [0, 0.1) is 0 Å². The summed E-state index contributed by atoms with van der Waals surface area (Å²) in [7, 11) is -1.45. The number of anilines is 1. The fraction of sp³-hybridized carbons (Fsp3) is 0.167. The van der Waals surface area contributed by atoms with Crippen LogP contribution in [0.5, 0.6) is 11.5 Å². The molecule has 3 aromatic carbocycles. The molecule has 0 saturated carbocycles. The molecule has 1 N–H and O–H groups in total. The standard InChI is InChI=1S/C24H22F3N3O5S/c1-34-19-11-12-21(22(14-19)35-2)30(36(32,33)20-9-4-3-5-10-20)16-23(31)29-28-15-17-7-6-8-18(13-17)24(25,26)27/h3-15H,16H2,1-2H3,(H,29,31)/b28-15-. The Bertz CT molecular complexity index is 1350. The lowest BCUT2D eigenvalue weighted by molar-refractivity contribution is -0.137. The van der Waals surface area contributed by atoms with Gasteiger partial charge in [-0.25, -0.2) is 13.8 Å². The maximum Gasteiger partial charge on any atom is 0.416 e. The molecule has 0 aliphatic rings. The van der Waals surface area contributed by atoms with Crippen molar-refractivity contribution < 1.29 is 35.9 Å². The summed E-state index contributed by atoms with van der Waals surface area (Å²) in [5.41, 5.74) is 1.44. The third kappa shape index (κ3) is 6.33. The Morgan fingerprint density at radius 3 is 2.36 bits per heavy atom. The van der Waals surface area contributed by atoms with Crippen molar-refractivity contribution >= 4 is 27.8 Å². The van der Waals surface area contributed by atoms with E-state index in [4.69, 9.17) is 9.47 Å². The second kappa shape index (κ2) is 11.1. The third-order valence-corrected chi connectivity index (χ3v) is 6.66. The van der Waals surface area contributed by atoms with Crippen LogP contribution >= 0.6 is 0 Å². The fourth-order valence-corrected chi connectivity index (χ4v) is 4.60. The molecule has 190 valence electrons. The van der Waals surface area contributed by atoms with Gasteiger partial charge >= 0.3 is 6.18 Å². The van der Waals surface area contributed by atoms with E-state index in [0.29, 0.717) is 5.75 Å². The van der Waals surface area contributed by atoms with Gasteiger partial charge in [0.15, 0.2) is 0 Å². The fourth-order valence-electron chi connectivity index (χ4n) is 3.15. The van der Waals surface area contributed by atoms with E-state index in [0.717, 1.165) is 22.7 Å². The van der Waals surface area contributed by atoms with Crippen molar-refractivity contribution in [3.63, 3.8) is 0 Å². The van der Waals surface area contributed by atoms with Crippen LogP contribution in [0.15, 0.2) is 82.8 Å². The first kappa shape index (κ1) is 26.5. The summed E-state index contributed by atoms with van der Waals surface area (Å²) >= 11 is 0. The summed E-state index contributed by atoms with van der Waals surface area (Å²) in [6.45, 7) is -0.695. The van der Waals surface area contributed by atoms with E-state index < -0.39 is 34.2 Å². The highest BCUT2D eigenvalue weighted by molar-refractivity contribution is 7.92. The van der Waals surface area contributed by atoms with E-state index in [1.54, 1.807) is 6.07 Å². The zero-order chi connectivity index (χ0) is 26.3. The maximum atomic E-state index is 13.4. The highest BCUT2D eigenvalue weighted by Gasteiger charge is 2.31. The van der Waals surface area contributed by atoms with E-state index in [9.17, 15) is 26.4 Å². The summed E-state index contributed by atoms with van der Waals surface area (Å²) in [5.74, 6) is -0.299. The normalized spacial score (nSPS) is 11.8. The van der Waals surface area contributed by atoms with E-state index in [1.807, 2.05) is 0 Å². The Balaban J connectivity index is 1.89. The molecule has 0 fully saturated rings. The molecule has 0 atom stereocenters. The minimum Gasteiger partial charge on any atom is -0.497 e. The molecule has 0 spiro atoms. The highest BCUT2D eigenvalue weighted by atomic mass is 32.2. The largest absolute Gasteiger partial charge is 0.497 e. The number of sulfonamides is 1. The van der Waals surface area contributed by atoms with Gasteiger partial charge in [-0.15, -0.1) is 0 Å². The quantitative estimate of drug-likeness (QED) is 0.338. The van der Waals surface area contributed by atoms with Gasteiger partial charge < -0.3 is 9.47 Å². The molecule has 0 aliphatic carbocycles. The van der Waals surface area contributed by atoms with Crippen LogP contribution < -0.4 is 19.2 Å². The lowest BCUT2D eigenvalue weighted by Gasteiger charge is -2.25. The van der Waals surface area contributed by atoms with Crippen molar-refractivity contribution in [2.45, 2.75) is 11.1 Å². The van der Waals surface area contributed by atoms with Gasteiger partial charge in [0, 0.05) is 6.07 Å². The lowest BCUT2D eigenvalue weighted by atomic mass is 10.1. The van der Waals surface area contributed by atoms with Crippen LogP contribution in [-0.4, -0.2) is 41.3 Å². The Morgan fingerprint density at radius 2 is 1.72 bits per heavy atom. The summed E-state index contributed by atoms with van der Waals surface area (Å²) in [5, 5.41) is 3.67. The van der Waals surface area contributed by atoms with E-state index in [2.05, 4.69) is 10.5 Å². The lowest BCUT2D eigenvalue weighted by Crippen LogP contribution is -2.39. The van der Waals surface area contributed by atoms with Gasteiger partial charge in [-0.1, -0.05) is 30.3 Å². The average Bonchev–Trinajstić information content (AvgIpc) is 2.87. The molecule has 3 rings (SSSR count). The van der Waals surface area contributed by atoms with E-state index in [1.165, 1.54) is 68.8 Å². The molecule has 0 aliphatic heterocycles. The molecule has 12 heteroatoms. The second-order valence-electron chi connectivity index (χ2n) is 7.28. The predicted molar refractivity (Wildman–Crippen MR) is 128 cm³/mol. The average molecular weight is 522 g/mol. The van der Waals surface area contributed by atoms with Crippen molar-refractivity contribution in [3.05, 3.63) is 83.9 Å². The number of hydrazone groups is 1. The first-order valence-electron chi connectivity index (χ1n) is 10.3. The van der Waals surface area contributed by atoms with Gasteiger partial charge in [-0.2, -0.15) is 18.3 Å². The zero-order valence-electron chi connectivity index (χ0n) is 19.2. The number of hydrogen-bond donors (Lipinski definition) is 1. The van der Waals surface area contributed by atoms with Gasteiger partial charge in [0.05, 0.1) is 36.6 Å². The van der Waals surface area contributed by atoms with Crippen LogP contribution in [0.25, 0.3) is 0 Å². The first-order chi connectivity index (χ1) is 17.1. The Kier molecular flexibility index (Phi) is 8.20. The smallest absolute Gasteiger partial charge is 0.416 e. The van der Waals surface area contributed by atoms with Gasteiger partial charge in [0.1, 0.15) is 18.0 Å². The van der Waals surface area contributed by atoms with Crippen molar-refractivity contribution in [3.8, 4) is 11.5 Å². The van der Waals surface area contributed by atoms with E-state index >= 15 is 0 Å². The van der Waals surface area contributed by atoms with Gasteiger partial charge in [0.2, 0.25) is 0 Å². The molecule has 0 radical (unpaired) electrons. The highest BCUT2D eigenvalue weighted by Crippen LogP contribution is 2.35. The number of alkyl halides is 3. The van der Waals surface area contributed by atoms with Crippen LogP contribution in [-0.2, 0) is 21.0 Å². The van der Waals surface area contributed by atoms with Crippen molar-refractivity contribution in [1.82, 2.24) is 5.43 Å². The summed E-state index contributed by atoms with van der Waals surface area (Å²) in [6.07, 6.45) is -3.51. The molecule has 3 aromatic rings. The minimum absolute atomic E-state index is 0.0665. The molecular formula is C24H22F3N3O5S. The Hall–Kier alpha value is -4.06. The monoisotopic (exact) mass is 521 g/mol. The molecule has 0 unspecified atom stereocenters. The van der Waals surface area contributed by atoms with Gasteiger partial charge in [-0.05, 0) is 42.0 Å². The zero-order valence-corrected chi connectivity index (χ0v) is 20.0. The molecule has 36 heavy (non-hydrogen) atoms. The predicted octanol–water partition coefficient (Wildman–Crippen LogP) is 4.07. The van der Waals surface area contributed by atoms with Crippen LogP contribution in [0.1, 0.15) is 11.1 Å². The van der Waals surface area contributed by atoms with Gasteiger partial charge in [-0.3, -0.25) is 9.10 Å². The van der Waals surface area contributed by atoms with Crippen LogP contribution in [0.4, 0.5) is 18.9 Å². The maximum absolute atomic E-state index is 13.4. The second-order valence-corrected chi connectivity index (χ2v) is 9.14. The molecule has 0 bridgehead atoms. The SMILES string of the molecule is COc1ccc(N(CC(=O)N/N=C\c2cccc(C(F)(F)F)c2)S(=O)(=O)c2ccccc2)c(OC)c1. The third-order valence-electron chi connectivity index (χ3n) is 4.89. The number of nitrogens with zero attached hydrogens (tertiary/aromatic N) is 2. The Labute approximate surface area is 206 Å². The summed E-state index contributed by atoms with van der Waals surface area (Å²) in [6, 6.07) is 16.2. The number of rotatable bonds is 9. The van der Waals surface area contributed by atoms with Crippen molar-refractivity contribution in [2.75, 3.05) is 25.1 Å². The molecule has 0 saturated heterocycles. The number of carbonyl (C=O) groups is 1. The minimum atomic E-state index is -4.53. The molecule has 1 amide bonds. The number of nitrogens with one attached hydrogen (secondary N) is 1. The summed E-state index contributed by atoms with van der Waals surface area (Å²) < 4.78 is 76.8. The number of ether oxygens (including phenoxy) is 2. The molecular weight excluding hydrogens is 499 g/mol. The number of hydrogen-bond acceptors (Lipinski definition) is 6.